The first-order chi connectivity index (χ1) is 18.0. The van der Waals surface area contributed by atoms with Crippen LogP contribution in [0.15, 0.2) is 67.1 Å². The number of piperidine rings is 1. The van der Waals surface area contributed by atoms with Crippen LogP contribution in [-0.4, -0.2) is 35.2 Å². The third-order valence-electron chi connectivity index (χ3n) is 7.17. The Hall–Kier alpha value is -3.93. The Morgan fingerprint density at radius 2 is 1.78 bits per heavy atom. The maximum Gasteiger partial charge on any atom is 0.155 e. The predicted molar refractivity (Wildman–Crippen MR) is 147 cm³/mol. The highest BCUT2D eigenvalue weighted by Gasteiger charge is 2.25. The van der Waals surface area contributed by atoms with Gasteiger partial charge in [0.2, 0.25) is 0 Å². The summed E-state index contributed by atoms with van der Waals surface area (Å²) in [4.78, 5) is 16.4. The number of aryl methyl sites for hydroxylation is 2. The van der Waals surface area contributed by atoms with E-state index < -0.39 is 0 Å². The highest BCUT2D eigenvalue weighted by atomic mass is 16.5. The van der Waals surface area contributed by atoms with Crippen LogP contribution in [0.25, 0.3) is 11.3 Å². The Bertz CT molecular complexity index is 1370. The monoisotopic (exact) mass is 494 g/mol. The van der Waals surface area contributed by atoms with E-state index in [1.165, 1.54) is 17.5 Å². The van der Waals surface area contributed by atoms with Gasteiger partial charge in [0.05, 0.1) is 12.8 Å². The van der Waals surface area contributed by atoms with Crippen LogP contribution in [-0.2, 0) is 6.61 Å². The van der Waals surface area contributed by atoms with Crippen molar-refractivity contribution in [1.82, 2.24) is 15.0 Å². The van der Waals surface area contributed by atoms with Gasteiger partial charge in [-0.25, -0.2) is 4.98 Å². The molecule has 0 aliphatic carbocycles. The molecule has 1 aliphatic rings. The second-order valence-corrected chi connectivity index (χ2v) is 9.79. The van der Waals surface area contributed by atoms with Gasteiger partial charge in [0.25, 0.3) is 0 Å². The number of hydrogen-bond acceptors (Lipinski definition) is 6. The standard InChI is InChI=1S/C31H34N4O2/c1-21-7-5-8-25(17-21)26-9-6-16-35(19-26)31-29(32-14-15-33-31)24-10-12-27(13-11-24)37-20-28-23(3)30(36-4)22(2)18-34-28/h5,7-8,10-15,17-18,26H,6,9,16,19-20H2,1-4H3. The van der Waals surface area contributed by atoms with Gasteiger partial charge in [-0.05, 0) is 63.4 Å². The number of ether oxygens (including phenoxy) is 2. The van der Waals surface area contributed by atoms with Gasteiger partial charge in [0, 0.05) is 54.3 Å². The van der Waals surface area contributed by atoms with Crippen molar-refractivity contribution in [2.75, 3.05) is 25.1 Å². The van der Waals surface area contributed by atoms with E-state index in [0.717, 1.165) is 64.9 Å². The molecule has 0 saturated carbocycles. The summed E-state index contributed by atoms with van der Waals surface area (Å²) < 4.78 is 11.6. The lowest BCUT2D eigenvalue weighted by molar-refractivity contribution is 0.299. The van der Waals surface area contributed by atoms with Gasteiger partial charge in [0.15, 0.2) is 5.82 Å². The maximum absolute atomic E-state index is 6.06. The Labute approximate surface area is 219 Å². The van der Waals surface area contributed by atoms with E-state index in [4.69, 9.17) is 19.4 Å². The molecule has 5 rings (SSSR count). The van der Waals surface area contributed by atoms with Crippen molar-refractivity contribution in [1.29, 1.82) is 0 Å². The fourth-order valence-electron chi connectivity index (χ4n) is 5.21. The van der Waals surface area contributed by atoms with Gasteiger partial charge in [-0.2, -0.15) is 0 Å². The molecule has 3 heterocycles. The summed E-state index contributed by atoms with van der Waals surface area (Å²) >= 11 is 0. The number of benzene rings is 2. The zero-order chi connectivity index (χ0) is 25.8. The van der Waals surface area contributed by atoms with Crippen LogP contribution in [0.2, 0.25) is 0 Å². The van der Waals surface area contributed by atoms with Crippen molar-refractivity contribution < 1.29 is 9.47 Å². The lowest BCUT2D eigenvalue weighted by Gasteiger charge is -2.34. The molecular weight excluding hydrogens is 460 g/mol. The van der Waals surface area contributed by atoms with Crippen LogP contribution in [0, 0.1) is 20.8 Å². The highest BCUT2D eigenvalue weighted by Crippen LogP contribution is 2.34. The number of methoxy groups -OCH3 is 1. The number of hydrogen-bond donors (Lipinski definition) is 0. The molecule has 4 aromatic rings. The molecule has 1 saturated heterocycles. The van der Waals surface area contributed by atoms with E-state index in [9.17, 15) is 0 Å². The van der Waals surface area contributed by atoms with Gasteiger partial charge >= 0.3 is 0 Å². The zero-order valence-electron chi connectivity index (χ0n) is 22.1. The fourth-order valence-corrected chi connectivity index (χ4v) is 5.21. The number of pyridine rings is 1. The maximum atomic E-state index is 6.06. The number of nitrogens with zero attached hydrogens (tertiary/aromatic N) is 4. The van der Waals surface area contributed by atoms with Crippen molar-refractivity contribution in [2.24, 2.45) is 0 Å². The summed E-state index contributed by atoms with van der Waals surface area (Å²) in [5.74, 6) is 3.09. The van der Waals surface area contributed by atoms with Gasteiger partial charge in [-0.3, -0.25) is 9.97 Å². The van der Waals surface area contributed by atoms with Crippen molar-refractivity contribution in [2.45, 2.75) is 46.1 Å². The number of rotatable bonds is 7. The summed E-state index contributed by atoms with van der Waals surface area (Å²) in [5, 5.41) is 0. The van der Waals surface area contributed by atoms with Crippen LogP contribution in [0.3, 0.4) is 0 Å². The molecule has 0 amide bonds. The molecule has 1 fully saturated rings. The van der Waals surface area contributed by atoms with Gasteiger partial charge in [-0.1, -0.05) is 29.8 Å². The molecule has 37 heavy (non-hydrogen) atoms. The van der Waals surface area contributed by atoms with E-state index in [1.54, 1.807) is 19.5 Å². The van der Waals surface area contributed by atoms with E-state index in [-0.39, 0.29) is 0 Å². The van der Waals surface area contributed by atoms with Crippen LogP contribution >= 0.6 is 0 Å². The molecule has 1 atom stereocenters. The summed E-state index contributed by atoms with van der Waals surface area (Å²) in [6.07, 6.45) is 7.72. The minimum Gasteiger partial charge on any atom is -0.496 e. The van der Waals surface area contributed by atoms with Crippen molar-refractivity contribution >= 4 is 5.82 Å². The van der Waals surface area contributed by atoms with E-state index in [0.29, 0.717) is 12.5 Å². The van der Waals surface area contributed by atoms with Crippen LogP contribution in [0.1, 0.15) is 46.7 Å². The molecule has 190 valence electrons. The first-order valence-corrected chi connectivity index (χ1v) is 12.9. The minimum atomic E-state index is 0.381. The third kappa shape index (κ3) is 5.43. The Morgan fingerprint density at radius 3 is 2.57 bits per heavy atom. The smallest absolute Gasteiger partial charge is 0.155 e. The summed E-state index contributed by atoms with van der Waals surface area (Å²) in [6.45, 7) is 8.49. The van der Waals surface area contributed by atoms with Crippen molar-refractivity contribution in [3.63, 3.8) is 0 Å². The van der Waals surface area contributed by atoms with E-state index in [2.05, 4.69) is 53.2 Å². The Morgan fingerprint density at radius 1 is 0.973 bits per heavy atom. The first-order valence-electron chi connectivity index (χ1n) is 12.9. The van der Waals surface area contributed by atoms with E-state index in [1.807, 2.05) is 32.2 Å². The largest absolute Gasteiger partial charge is 0.496 e. The lowest BCUT2D eigenvalue weighted by atomic mass is 9.89. The lowest BCUT2D eigenvalue weighted by Crippen LogP contribution is -2.35. The fraction of sp³-hybridized carbons (Fsp3) is 0.323. The normalized spacial score (nSPS) is 15.5. The average Bonchev–Trinajstić information content (AvgIpc) is 2.93. The molecule has 6 nitrogen and oxygen atoms in total. The van der Waals surface area contributed by atoms with Crippen molar-refractivity contribution in [3.8, 4) is 22.8 Å². The Balaban J connectivity index is 1.32. The van der Waals surface area contributed by atoms with Crippen LogP contribution in [0.4, 0.5) is 5.82 Å². The van der Waals surface area contributed by atoms with Crippen LogP contribution in [0.5, 0.6) is 11.5 Å². The first kappa shape index (κ1) is 24.8. The molecule has 2 aromatic carbocycles. The highest BCUT2D eigenvalue weighted by molar-refractivity contribution is 5.72. The molecule has 2 aromatic heterocycles. The topological polar surface area (TPSA) is 60.4 Å². The molecule has 0 radical (unpaired) electrons. The molecule has 0 spiro atoms. The molecule has 0 N–H and O–H groups in total. The second kappa shape index (κ2) is 11.0. The molecule has 1 unspecified atom stereocenters. The molecule has 1 aliphatic heterocycles. The van der Waals surface area contributed by atoms with Gasteiger partial charge < -0.3 is 14.4 Å². The predicted octanol–water partition coefficient (Wildman–Crippen LogP) is 6.44. The third-order valence-corrected chi connectivity index (χ3v) is 7.17. The summed E-state index contributed by atoms with van der Waals surface area (Å²) in [6, 6.07) is 17.0. The quantitative estimate of drug-likeness (QED) is 0.295. The molecular formula is C31H34N4O2. The number of anilines is 1. The van der Waals surface area contributed by atoms with Gasteiger partial charge in [-0.15, -0.1) is 0 Å². The zero-order valence-corrected chi connectivity index (χ0v) is 22.1. The second-order valence-electron chi connectivity index (χ2n) is 9.79. The summed E-state index contributed by atoms with van der Waals surface area (Å²) in [5.41, 5.74) is 7.55. The Kier molecular flexibility index (Phi) is 7.35. The van der Waals surface area contributed by atoms with Gasteiger partial charge in [0.1, 0.15) is 23.8 Å². The van der Waals surface area contributed by atoms with Crippen LogP contribution < -0.4 is 14.4 Å². The van der Waals surface area contributed by atoms with E-state index >= 15 is 0 Å². The molecule has 0 bridgehead atoms. The average molecular weight is 495 g/mol. The SMILES string of the molecule is COc1c(C)cnc(COc2ccc(-c3nccnc3N3CCCC(c4cccc(C)c4)C3)cc2)c1C. The molecule has 6 heteroatoms. The summed E-state index contributed by atoms with van der Waals surface area (Å²) in [7, 11) is 1.69. The van der Waals surface area contributed by atoms with Crippen molar-refractivity contribution in [3.05, 3.63) is 95.1 Å². The number of aromatic nitrogens is 3. The minimum absolute atomic E-state index is 0.381.